The maximum Gasteiger partial charge on any atom is 0.253 e. The Morgan fingerprint density at radius 1 is 1.00 bits per heavy atom. The van der Waals surface area contributed by atoms with Crippen LogP contribution in [0.2, 0.25) is 10.0 Å². The van der Waals surface area contributed by atoms with Crippen LogP contribution in [0, 0.1) is 0 Å². The van der Waals surface area contributed by atoms with Crippen LogP contribution in [-0.4, -0.2) is 55.7 Å². The van der Waals surface area contributed by atoms with Crippen LogP contribution in [-0.2, 0) is 16.9 Å². The summed E-state index contributed by atoms with van der Waals surface area (Å²) in [6.45, 7) is 4.33. The zero-order valence-corrected chi connectivity index (χ0v) is 23.5. The summed E-state index contributed by atoms with van der Waals surface area (Å²) in [5.74, 6) is 1.31. The maximum absolute atomic E-state index is 13.3. The summed E-state index contributed by atoms with van der Waals surface area (Å²) < 4.78 is 17.2. The Morgan fingerprint density at radius 3 is 2.62 bits per heavy atom. The Morgan fingerprint density at radius 2 is 1.79 bits per heavy atom. The second-order valence-electron chi connectivity index (χ2n) is 10.7. The number of likely N-dealkylation sites (tertiary alicyclic amines) is 1. The Hall–Kier alpha value is -2.77. The van der Waals surface area contributed by atoms with E-state index in [9.17, 15) is 4.79 Å². The summed E-state index contributed by atoms with van der Waals surface area (Å²) in [7, 11) is 1.84. The van der Waals surface area contributed by atoms with Gasteiger partial charge in [-0.2, -0.15) is 0 Å². The van der Waals surface area contributed by atoms with Gasteiger partial charge in [0.05, 0.1) is 22.3 Å². The third-order valence-corrected chi connectivity index (χ3v) is 9.08. The van der Waals surface area contributed by atoms with Crippen molar-refractivity contribution in [3.63, 3.8) is 0 Å². The lowest BCUT2D eigenvalue weighted by Gasteiger charge is -2.40. The molecule has 0 saturated carbocycles. The van der Waals surface area contributed by atoms with E-state index in [1.54, 1.807) is 23.1 Å². The molecule has 0 bridgehead atoms. The van der Waals surface area contributed by atoms with E-state index in [0.717, 1.165) is 44.5 Å². The van der Waals surface area contributed by atoms with Crippen molar-refractivity contribution in [2.45, 2.75) is 37.4 Å². The van der Waals surface area contributed by atoms with Crippen LogP contribution >= 0.6 is 23.2 Å². The Balaban J connectivity index is 1.13. The van der Waals surface area contributed by atoms with Gasteiger partial charge >= 0.3 is 0 Å². The number of carbonyl (C=O) groups excluding carboxylic acids is 1. The van der Waals surface area contributed by atoms with Crippen LogP contribution in [0.25, 0.3) is 0 Å². The monoisotopic (exact) mass is 566 g/mol. The van der Waals surface area contributed by atoms with Gasteiger partial charge in [-0.15, -0.1) is 0 Å². The summed E-state index contributed by atoms with van der Waals surface area (Å²) in [5, 5.41) is 1.06. The highest BCUT2D eigenvalue weighted by Crippen LogP contribution is 2.44. The van der Waals surface area contributed by atoms with Gasteiger partial charge in [-0.05, 0) is 72.8 Å². The summed E-state index contributed by atoms with van der Waals surface area (Å²) in [6.07, 6.45) is 2.87. The van der Waals surface area contributed by atoms with E-state index in [1.165, 1.54) is 11.1 Å². The molecule has 6 rings (SSSR count). The highest BCUT2D eigenvalue weighted by atomic mass is 35.5. The summed E-state index contributed by atoms with van der Waals surface area (Å²) in [4.78, 5) is 17.6. The number of hydrogen-bond donors (Lipinski definition) is 0. The van der Waals surface area contributed by atoms with Crippen molar-refractivity contribution < 1.29 is 19.0 Å². The van der Waals surface area contributed by atoms with E-state index in [-0.39, 0.29) is 24.2 Å². The molecule has 0 aliphatic carbocycles. The number of carbonyl (C=O) groups is 1. The molecule has 1 unspecified atom stereocenters. The average Bonchev–Trinajstić information content (AvgIpc) is 3.58. The normalized spacial score (nSPS) is 18.2. The average molecular weight is 568 g/mol. The lowest BCUT2D eigenvalue weighted by atomic mass is 9.83. The number of nitrogens with zero attached hydrogens (tertiary/aromatic N) is 2. The van der Waals surface area contributed by atoms with E-state index in [4.69, 9.17) is 37.4 Å². The summed E-state index contributed by atoms with van der Waals surface area (Å²) >= 11 is 12.6. The smallest absolute Gasteiger partial charge is 0.253 e. The van der Waals surface area contributed by atoms with E-state index in [1.807, 2.05) is 25.2 Å². The fourth-order valence-corrected chi connectivity index (χ4v) is 6.37. The van der Waals surface area contributed by atoms with Crippen molar-refractivity contribution in [3.05, 3.63) is 93.0 Å². The van der Waals surface area contributed by atoms with Gasteiger partial charge in [0.2, 0.25) is 6.79 Å². The molecule has 1 fully saturated rings. The van der Waals surface area contributed by atoms with Crippen molar-refractivity contribution in [3.8, 4) is 11.5 Å². The third kappa shape index (κ3) is 5.36. The molecule has 3 aliphatic heterocycles. The van der Waals surface area contributed by atoms with E-state index >= 15 is 0 Å². The van der Waals surface area contributed by atoms with Gasteiger partial charge < -0.3 is 24.0 Å². The van der Waals surface area contributed by atoms with Crippen molar-refractivity contribution in [2.75, 3.05) is 40.0 Å². The Bertz CT molecular complexity index is 1370. The highest BCUT2D eigenvalue weighted by Gasteiger charge is 2.42. The van der Waals surface area contributed by atoms with Gasteiger partial charge in [-0.1, -0.05) is 53.5 Å². The molecule has 0 aromatic heterocycles. The van der Waals surface area contributed by atoms with Crippen molar-refractivity contribution in [1.82, 2.24) is 9.80 Å². The van der Waals surface area contributed by atoms with Gasteiger partial charge in [0.25, 0.3) is 5.91 Å². The number of likely N-dealkylation sites (N-methyl/N-ethyl adjacent to an activating group) is 1. The van der Waals surface area contributed by atoms with Crippen LogP contribution in [0.4, 0.5) is 0 Å². The van der Waals surface area contributed by atoms with E-state index in [0.29, 0.717) is 40.3 Å². The number of hydrogen-bond acceptors (Lipinski definition) is 5. The van der Waals surface area contributed by atoms with Crippen molar-refractivity contribution in [2.24, 2.45) is 0 Å². The van der Waals surface area contributed by atoms with Gasteiger partial charge in [0.15, 0.2) is 11.5 Å². The van der Waals surface area contributed by atoms with Crippen LogP contribution in [0.1, 0.15) is 52.2 Å². The predicted molar refractivity (Wildman–Crippen MR) is 152 cm³/mol. The number of benzene rings is 3. The minimum Gasteiger partial charge on any atom is -0.454 e. The molecule has 204 valence electrons. The number of piperidine rings is 1. The molecular formula is C31H32Cl2N2O4. The van der Waals surface area contributed by atoms with E-state index < -0.39 is 0 Å². The van der Waals surface area contributed by atoms with E-state index in [2.05, 4.69) is 29.2 Å². The second kappa shape index (κ2) is 11.0. The van der Waals surface area contributed by atoms with Crippen LogP contribution in [0.15, 0.2) is 60.7 Å². The molecule has 0 radical (unpaired) electrons. The molecule has 6 nitrogen and oxygen atoms in total. The van der Waals surface area contributed by atoms with Crippen LogP contribution < -0.4 is 9.47 Å². The minimum absolute atomic E-state index is 0.0599. The summed E-state index contributed by atoms with van der Waals surface area (Å²) in [6, 6.07) is 19.7. The first kappa shape index (κ1) is 26.5. The third-order valence-electron chi connectivity index (χ3n) is 8.35. The topological polar surface area (TPSA) is 51.2 Å². The van der Waals surface area contributed by atoms with Gasteiger partial charge in [0.1, 0.15) is 0 Å². The molecule has 1 atom stereocenters. The molecule has 1 amide bonds. The van der Waals surface area contributed by atoms with Gasteiger partial charge in [-0.3, -0.25) is 4.79 Å². The fraction of sp³-hybridized carbons (Fsp3) is 0.387. The largest absolute Gasteiger partial charge is 0.454 e. The molecule has 39 heavy (non-hydrogen) atoms. The van der Waals surface area contributed by atoms with Gasteiger partial charge in [-0.25, -0.2) is 0 Å². The number of halogens is 2. The quantitative estimate of drug-likeness (QED) is 0.327. The zero-order valence-electron chi connectivity index (χ0n) is 22.0. The molecular weight excluding hydrogens is 535 g/mol. The first-order valence-corrected chi connectivity index (χ1v) is 14.2. The standard InChI is InChI=1S/C31H32Cl2N2O4/c1-34(30(36)22-7-9-28-29(17-22)38-20-37-28)18-23(21-6-8-26(32)27(33)16-21)10-13-35-14-11-31(12-15-35)25-5-3-2-4-24(25)19-39-31/h2-9,16-17,23H,10-15,18-20H2,1H3. The molecule has 0 N–H and O–H groups in total. The lowest BCUT2D eigenvalue weighted by molar-refractivity contribution is -0.0790. The number of fused-ring (bicyclic) bond motifs is 3. The first-order valence-electron chi connectivity index (χ1n) is 13.5. The SMILES string of the molecule is CN(CC(CCN1CCC2(CC1)OCc1ccccc12)c1ccc(Cl)c(Cl)c1)C(=O)c1ccc2c(c1)OCO2. The lowest BCUT2D eigenvalue weighted by Crippen LogP contribution is -2.43. The van der Waals surface area contributed by atoms with Crippen LogP contribution in [0.5, 0.6) is 11.5 Å². The van der Waals surface area contributed by atoms with Crippen molar-refractivity contribution >= 4 is 29.1 Å². The molecule has 3 aliphatic rings. The maximum atomic E-state index is 13.3. The van der Waals surface area contributed by atoms with Gasteiger partial charge in [0, 0.05) is 38.2 Å². The molecule has 3 aromatic carbocycles. The minimum atomic E-state index is -0.145. The number of ether oxygens (including phenoxy) is 3. The first-order chi connectivity index (χ1) is 18.9. The second-order valence-corrected chi connectivity index (χ2v) is 11.5. The molecule has 1 spiro atoms. The molecule has 1 saturated heterocycles. The fourth-order valence-electron chi connectivity index (χ4n) is 6.07. The summed E-state index contributed by atoms with van der Waals surface area (Å²) in [5.41, 5.74) is 4.19. The predicted octanol–water partition coefficient (Wildman–Crippen LogP) is 6.49. The Labute approximate surface area is 239 Å². The Kier molecular flexibility index (Phi) is 7.47. The van der Waals surface area contributed by atoms with Crippen molar-refractivity contribution in [1.29, 1.82) is 0 Å². The zero-order chi connectivity index (χ0) is 27.0. The number of rotatable bonds is 7. The van der Waals surface area contributed by atoms with Crippen LogP contribution in [0.3, 0.4) is 0 Å². The highest BCUT2D eigenvalue weighted by molar-refractivity contribution is 6.42. The molecule has 3 heterocycles. The molecule has 8 heteroatoms. The molecule has 3 aromatic rings. The number of amides is 1.